The standard InChI is InChI=1S/C15H18N4O/c1-2-8-19-9-7-17-15(19)14(18-16)12-10-20-13-6-4-3-5-11(12)13/h3-7,9-10,14,18H,2,8,16H2,1H3. The van der Waals surface area contributed by atoms with Crippen molar-refractivity contribution < 1.29 is 4.42 Å². The number of nitrogens with two attached hydrogens (primary N) is 1. The van der Waals surface area contributed by atoms with Crippen molar-refractivity contribution in [1.82, 2.24) is 15.0 Å². The number of para-hydroxylation sites is 1. The minimum atomic E-state index is -0.180. The molecule has 0 aliphatic heterocycles. The van der Waals surface area contributed by atoms with Crippen LogP contribution in [0, 0.1) is 0 Å². The zero-order valence-corrected chi connectivity index (χ0v) is 11.4. The highest BCUT2D eigenvalue weighted by Crippen LogP contribution is 2.29. The van der Waals surface area contributed by atoms with Crippen LogP contribution in [0.25, 0.3) is 11.0 Å². The fourth-order valence-corrected chi connectivity index (χ4v) is 2.54. The number of hydrogen-bond acceptors (Lipinski definition) is 4. The fourth-order valence-electron chi connectivity index (χ4n) is 2.54. The lowest BCUT2D eigenvalue weighted by Crippen LogP contribution is -2.31. The predicted molar refractivity (Wildman–Crippen MR) is 77.9 cm³/mol. The van der Waals surface area contributed by atoms with E-state index in [-0.39, 0.29) is 6.04 Å². The average molecular weight is 270 g/mol. The second-order valence-corrected chi connectivity index (χ2v) is 4.77. The summed E-state index contributed by atoms with van der Waals surface area (Å²) < 4.78 is 7.71. The van der Waals surface area contributed by atoms with Gasteiger partial charge in [-0.3, -0.25) is 5.84 Å². The molecule has 5 heteroatoms. The number of nitrogens with one attached hydrogen (secondary N) is 1. The molecule has 0 radical (unpaired) electrons. The Morgan fingerprint density at radius 1 is 1.40 bits per heavy atom. The third kappa shape index (κ3) is 2.11. The molecule has 5 nitrogen and oxygen atoms in total. The number of fused-ring (bicyclic) bond motifs is 1. The molecule has 0 fully saturated rings. The van der Waals surface area contributed by atoms with Gasteiger partial charge in [-0.25, -0.2) is 10.4 Å². The number of hydrogen-bond donors (Lipinski definition) is 2. The van der Waals surface area contributed by atoms with Crippen LogP contribution in [0.5, 0.6) is 0 Å². The molecule has 0 saturated heterocycles. The van der Waals surface area contributed by atoms with E-state index in [1.54, 1.807) is 12.5 Å². The molecule has 0 spiro atoms. The van der Waals surface area contributed by atoms with Crippen molar-refractivity contribution in [2.75, 3.05) is 0 Å². The number of aromatic nitrogens is 2. The Hall–Kier alpha value is -2.11. The largest absolute Gasteiger partial charge is 0.464 e. The number of rotatable bonds is 5. The minimum absolute atomic E-state index is 0.180. The summed E-state index contributed by atoms with van der Waals surface area (Å²) in [6.07, 6.45) is 6.58. The van der Waals surface area contributed by atoms with Gasteiger partial charge in [0.25, 0.3) is 0 Å². The number of hydrazine groups is 1. The SMILES string of the molecule is CCCn1ccnc1C(NN)c1coc2ccccc12. The molecule has 0 saturated carbocycles. The quantitative estimate of drug-likeness (QED) is 0.552. The van der Waals surface area contributed by atoms with Crippen molar-refractivity contribution in [3.05, 3.63) is 54.3 Å². The highest BCUT2D eigenvalue weighted by atomic mass is 16.3. The van der Waals surface area contributed by atoms with Gasteiger partial charge >= 0.3 is 0 Å². The van der Waals surface area contributed by atoms with Gasteiger partial charge < -0.3 is 8.98 Å². The van der Waals surface area contributed by atoms with Gasteiger partial charge in [0, 0.05) is 29.9 Å². The molecule has 0 aliphatic carbocycles. The van der Waals surface area contributed by atoms with Crippen LogP contribution in [-0.2, 0) is 6.54 Å². The van der Waals surface area contributed by atoms with Gasteiger partial charge in [0.15, 0.2) is 0 Å². The maximum Gasteiger partial charge on any atom is 0.134 e. The summed E-state index contributed by atoms with van der Waals surface area (Å²) in [6.45, 7) is 3.06. The topological polar surface area (TPSA) is 69.0 Å². The van der Waals surface area contributed by atoms with Crippen molar-refractivity contribution in [2.45, 2.75) is 25.9 Å². The first-order valence-corrected chi connectivity index (χ1v) is 6.78. The van der Waals surface area contributed by atoms with Crippen molar-refractivity contribution >= 4 is 11.0 Å². The number of benzene rings is 1. The van der Waals surface area contributed by atoms with Crippen LogP contribution < -0.4 is 11.3 Å². The molecule has 0 bridgehead atoms. The average Bonchev–Trinajstić information content (AvgIpc) is 3.09. The summed E-state index contributed by atoms with van der Waals surface area (Å²) in [5.41, 5.74) is 4.72. The van der Waals surface area contributed by atoms with E-state index in [9.17, 15) is 0 Å². The van der Waals surface area contributed by atoms with E-state index in [1.165, 1.54) is 0 Å². The molecule has 3 rings (SSSR count). The van der Waals surface area contributed by atoms with E-state index < -0.39 is 0 Å². The molecular formula is C15H18N4O. The third-order valence-corrected chi connectivity index (χ3v) is 3.46. The maximum absolute atomic E-state index is 5.77. The maximum atomic E-state index is 5.77. The predicted octanol–water partition coefficient (Wildman–Crippen LogP) is 2.59. The lowest BCUT2D eigenvalue weighted by molar-refractivity contribution is 0.535. The first-order valence-electron chi connectivity index (χ1n) is 6.78. The molecule has 0 aliphatic rings. The van der Waals surface area contributed by atoms with Gasteiger partial charge in [0.05, 0.1) is 6.26 Å². The van der Waals surface area contributed by atoms with Crippen LogP contribution in [0.1, 0.15) is 30.8 Å². The Morgan fingerprint density at radius 2 is 2.25 bits per heavy atom. The fraction of sp³-hybridized carbons (Fsp3) is 0.267. The highest BCUT2D eigenvalue weighted by Gasteiger charge is 2.21. The van der Waals surface area contributed by atoms with Gasteiger partial charge in [0.2, 0.25) is 0 Å². The molecule has 2 heterocycles. The van der Waals surface area contributed by atoms with Crippen LogP contribution in [0.15, 0.2) is 47.3 Å². The molecule has 104 valence electrons. The van der Waals surface area contributed by atoms with E-state index in [0.717, 1.165) is 35.3 Å². The van der Waals surface area contributed by atoms with E-state index in [1.807, 2.05) is 30.5 Å². The smallest absolute Gasteiger partial charge is 0.134 e. The Labute approximate surface area is 117 Å². The summed E-state index contributed by atoms with van der Waals surface area (Å²) in [5.74, 6) is 6.67. The highest BCUT2D eigenvalue weighted by molar-refractivity contribution is 5.81. The summed E-state index contributed by atoms with van der Waals surface area (Å²) in [7, 11) is 0. The van der Waals surface area contributed by atoms with Crippen LogP contribution in [0.3, 0.4) is 0 Å². The molecule has 2 aromatic heterocycles. The van der Waals surface area contributed by atoms with Gasteiger partial charge in [-0.1, -0.05) is 25.1 Å². The lowest BCUT2D eigenvalue weighted by Gasteiger charge is -2.16. The van der Waals surface area contributed by atoms with Crippen molar-refractivity contribution in [3.8, 4) is 0 Å². The zero-order valence-electron chi connectivity index (χ0n) is 11.4. The van der Waals surface area contributed by atoms with Crippen LogP contribution in [0.2, 0.25) is 0 Å². The van der Waals surface area contributed by atoms with E-state index in [4.69, 9.17) is 10.3 Å². The Bertz CT molecular complexity index is 701. The van der Waals surface area contributed by atoms with Crippen LogP contribution >= 0.6 is 0 Å². The number of imidazole rings is 1. The third-order valence-electron chi connectivity index (χ3n) is 3.46. The summed E-state index contributed by atoms with van der Waals surface area (Å²) in [4.78, 5) is 4.45. The molecule has 1 aromatic carbocycles. The molecule has 20 heavy (non-hydrogen) atoms. The number of nitrogens with zero attached hydrogens (tertiary/aromatic N) is 2. The normalized spacial score (nSPS) is 12.9. The van der Waals surface area contributed by atoms with Crippen LogP contribution in [-0.4, -0.2) is 9.55 Å². The first kappa shape index (κ1) is 12.9. The van der Waals surface area contributed by atoms with Gasteiger partial charge in [-0.2, -0.15) is 0 Å². The zero-order chi connectivity index (χ0) is 13.9. The van der Waals surface area contributed by atoms with Crippen molar-refractivity contribution in [3.63, 3.8) is 0 Å². The minimum Gasteiger partial charge on any atom is -0.464 e. The summed E-state index contributed by atoms with van der Waals surface area (Å²) in [6, 6.07) is 7.75. The lowest BCUT2D eigenvalue weighted by atomic mass is 10.1. The van der Waals surface area contributed by atoms with E-state index >= 15 is 0 Å². The van der Waals surface area contributed by atoms with Gasteiger partial charge in [-0.15, -0.1) is 0 Å². The number of furan rings is 1. The molecular weight excluding hydrogens is 252 g/mol. The molecule has 1 atom stereocenters. The molecule has 1 unspecified atom stereocenters. The van der Waals surface area contributed by atoms with Gasteiger partial charge in [-0.05, 0) is 12.5 Å². The second-order valence-electron chi connectivity index (χ2n) is 4.77. The Balaban J connectivity index is 2.07. The molecule has 3 aromatic rings. The van der Waals surface area contributed by atoms with Crippen molar-refractivity contribution in [1.29, 1.82) is 0 Å². The number of aryl methyl sites for hydroxylation is 1. The second kappa shape index (κ2) is 5.48. The molecule has 0 amide bonds. The van der Waals surface area contributed by atoms with Crippen LogP contribution in [0.4, 0.5) is 0 Å². The summed E-state index contributed by atoms with van der Waals surface area (Å²) >= 11 is 0. The summed E-state index contributed by atoms with van der Waals surface area (Å²) in [5, 5.41) is 1.06. The molecule has 3 N–H and O–H groups in total. The van der Waals surface area contributed by atoms with Gasteiger partial charge in [0.1, 0.15) is 17.4 Å². The Kier molecular flexibility index (Phi) is 3.54. The van der Waals surface area contributed by atoms with E-state index in [2.05, 4.69) is 21.9 Å². The van der Waals surface area contributed by atoms with Crippen molar-refractivity contribution in [2.24, 2.45) is 5.84 Å². The first-order chi connectivity index (χ1) is 9.85. The Morgan fingerprint density at radius 3 is 3.05 bits per heavy atom. The monoisotopic (exact) mass is 270 g/mol. The van der Waals surface area contributed by atoms with E-state index in [0.29, 0.717) is 0 Å².